The lowest BCUT2D eigenvalue weighted by Gasteiger charge is -2.21. The zero-order valence-electron chi connectivity index (χ0n) is 13.8. The molecule has 0 radical (unpaired) electrons. The van der Waals surface area contributed by atoms with Crippen molar-refractivity contribution in [1.29, 1.82) is 0 Å². The highest BCUT2D eigenvalue weighted by Gasteiger charge is 2.35. The van der Waals surface area contributed by atoms with Crippen LogP contribution in [0.25, 0.3) is 0 Å². The summed E-state index contributed by atoms with van der Waals surface area (Å²) in [5.74, 6) is 0.305. The van der Waals surface area contributed by atoms with Gasteiger partial charge in [0.25, 0.3) is 0 Å². The summed E-state index contributed by atoms with van der Waals surface area (Å²) in [5.41, 5.74) is 6.72. The van der Waals surface area contributed by atoms with E-state index in [1.807, 2.05) is 30.3 Å². The van der Waals surface area contributed by atoms with Crippen LogP contribution in [0.5, 0.6) is 11.5 Å². The Bertz CT molecular complexity index is 830. The van der Waals surface area contributed by atoms with Crippen molar-refractivity contribution in [3.8, 4) is 11.5 Å². The van der Waals surface area contributed by atoms with Crippen LogP contribution in [0.2, 0.25) is 0 Å². The number of esters is 1. The van der Waals surface area contributed by atoms with Crippen molar-refractivity contribution in [2.75, 3.05) is 11.5 Å². The van der Waals surface area contributed by atoms with Gasteiger partial charge in [-0.05, 0) is 31.2 Å². The summed E-state index contributed by atoms with van der Waals surface area (Å²) >= 11 is 0. The Balaban J connectivity index is 1.96. The Hall–Kier alpha value is -3.28. The van der Waals surface area contributed by atoms with Crippen molar-refractivity contribution >= 4 is 17.6 Å². The van der Waals surface area contributed by atoms with Gasteiger partial charge in [-0.15, -0.1) is 0 Å². The zero-order valence-corrected chi connectivity index (χ0v) is 13.8. The minimum Gasteiger partial charge on any atom is -0.463 e. The number of rotatable bonds is 5. The number of amides is 1. The number of benzene rings is 2. The monoisotopic (exact) mass is 338 g/mol. The van der Waals surface area contributed by atoms with Gasteiger partial charge < -0.3 is 15.2 Å². The number of hydrogen-bond donors (Lipinski definition) is 1. The van der Waals surface area contributed by atoms with Gasteiger partial charge >= 0.3 is 5.97 Å². The standard InChI is InChI=1S/C19H18N2O4/c1-2-24-19(23)14-12-17(22)21(18(14)20)15-10-6-7-11-16(15)25-13-8-4-3-5-9-13/h3-11H,2,12,20H2,1H3. The van der Waals surface area contributed by atoms with E-state index in [9.17, 15) is 9.59 Å². The molecule has 0 bridgehead atoms. The molecule has 0 aliphatic carbocycles. The minimum atomic E-state index is -0.572. The van der Waals surface area contributed by atoms with Gasteiger partial charge in [0.1, 0.15) is 11.6 Å². The Kier molecular flexibility index (Phi) is 4.70. The van der Waals surface area contributed by atoms with Gasteiger partial charge in [0.15, 0.2) is 5.75 Å². The minimum absolute atomic E-state index is 0.0764. The molecule has 0 saturated carbocycles. The number of anilines is 1. The van der Waals surface area contributed by atoms with Crippen molar-refractivity contribution in [2.24, 2.45) is 5.73 Å². The molecule has 1 aliphatic heterocycles. The second-order valence-electron chi connectivity index (χ2n) is 5.37. The molecule has 25 heavy (non-hydrogen) atoms. The molecular formula is C19H18N2O4. The van der Waals surface area contributed by atoms with Crippen LogP contribution in [0.15, 0.2) is 66.0 Å². The first-order valence-electron chi connectivity index (χ1n) is 7.92. The number of hydrogen-bond acceptors (Lipinski definition) is 5. The van der Waals surface area contributed by atoms with E-state index in [4.69, 9.17) is 15.2 Å². The van der Waals surface area contributed by atoms with Crippen molar-refractivity contribution in [3.05, 3.63) is 66.0 Å². The molecule has 0 unspecified atom stereocenters. The molecule has 128 valence electrons. The molecular weight excluding hydrogens is 320 g/mol. The SMILES string of the molecule is CCOC(=O)C1=C(N)N(c2ccccc2Oc2ccccc2)C(=O)C1. The van der Waals surface area contributed by atoms with Gasteiger partial charge in [0.05, 0.1) is 24.3 Å². The molecule has 2 aromatic carbocycles. The van der Waals surface area contributed by atoms with E-state index in [1.54, 1.807) is 31.2 Å². The second-order valence-corrected chi connectivity index (χ2v) is 5.37. The van der Waals surface area contributed by atoms with Crippen LogP contribution in [0.4, 0.5) is 5.69 Å². The van der Waals surface area contributed by atoms with Crippen molar-refractivity contribution < 1.29 is 19.1 Å². The molecule has 6 heteroatoms. The maximum Gasteiger partial charge on any atom is 0.338 e. The average molecular weight is 338 g/mol. The van der Waals surface area contributed by atoms with Crippen LogP contribution in [0.3, 0.4) is 0 Å². The third-order valence-electron chi connectivity index (χ3n) is 3.73. The van der Waals surface area contributed by atoms with Gasteiger partial charge in [-0.1, -0.05) is 30.3 Å². The first-order chi connectivity index (χ1) is 12.1. The Labute approximate surface area is 145 Å². The fraction of sp³-hybridized carbons (Fsp3) is 0.158. The maximum absolute atomic E-state index is 12.4. The third-order valence-corrected chi connectivity index (χ3v) is 3.73. The molecule has 0 atom stereocenters. The number of ether oxygens (including phenoxy) is 2. The number of carbonyl (C=O) groups is 2. The molecule has 2 aromatic rings. The van der Waals surface area contributed by atoms with Crippen LogP contribution < -0.4 is 15.4 Å². The van der Waals surface area contributed by atoms with E-state index in [0.717, 1.165) is 0 Å². The average Bonchev–Trinajstić information content (AvgIpc) is 2.91. The lowest BCUT2D eigenvalue weighted by molar-refractivity contribution is -0.139. The van der Waals surface area contributed by atoms with Gasteiger partial charge in [0.2, 0.25) is 5.91 Å². The summed E-state index contributed by atoms with van der Waals surface area (Å²) in [6.07, 6.45) is -0.0929. The van der Waals surface area contributed by atoms with E-state index in [2.05, 4.69) is 0 Å². The molecule has 2 N–H and O–H groups in total. The van der Waals surface area contributed by atoms with Gasteiger partial charge in [-0.2, -0.15) is 0 Å². The summed E-state index contributed by atoms with van der Waals surface area (Å²) in [6, 6.07) is 16.2. The van der Waals surface area contributed by atoms with Crippen LogP contribution in [-0.2, 0) is 14.3 Å². The maximum atomic E-state index is 12.4. The fourth-order valence-corrected chi connectivity index (χ4v) is 2.59. The van der Waals surface area contributed by atoms with E-state index in [0.29, 0.717) is 17.2 Å². The zero-order chi connectivity index (χ0) is 17.8. The van der Waals surface area contributed by atoms with Gasteiger partial charge in [0, 0.05) is 0 Å². The quantitative estimate of drug-likeness (QED) is 0.848. The Morgan fingerprint density at radius 2 is 1.80 bits per heavy atom. The molecule has 1 amide bonds. The number of nitrogens with zero attached hydrogens (tertiary/aromatic N) is 1. The van der Waals surface area contributed by atoms with Crippen molar-refractivity contribution in [2.45, 2.75) is 13.3 Å². The predicted molar refractivity (Wildman–Crippen MR) is 92.9 cm³/mol. The lowest BCUT2D eigenvalue weighted by atomic mass is 10.2. The molecule has 1 aliphatic rings. The number of carbonyl (C=O) groups excluding carboxylic acids is 2. The highest BCUT2D eigenvalue weighted by Crippen LogP contribution is 2.37. The smallest absolute Gasteiger partial charge is 0.338 e. The van der Waals surface area contributed by atoms with Gasteiger partial charge in [-0.3, -0.25) is 9.69 Å². The Morgan fingerprint density at radius 1 is 1.12 bits per heavy atom. The summed E-state index contributed by atoms with van der Waals surface area (Å²) in [6.45, 7) is 1.92. The van der Waals surface area contributed by atoms with E-state index >= 15 is 0 Å². The Morgan fingerprint density at radius 3 is 2.52 bits per heavy atom. The van der Waals surface area contributed by atoms with Crippen LogP contribution in [0.1, 0.15) is 13.3 Å². The molecule has 6 nitrogen and oxygen atoms in total. The molecule has 0 fully saturated rings. The molecule has 0 aromatic heterocycles. The summed E-state index contributed by atoms with van der Waals surface area (Å²) in [5, 5.41) is 0. The van der Waals surface area contributed by atoms with Crippen molar-refractivity contribution in [1.82, 2.24) is 0 Å². The largest absolute Gasteiger partial charge is 0.463 e. The lowest BCUT2D eigenvalue weighted by Crippen LogP contribution is -2.29. The summed E-state index contributed by atoms with van der Waals surface area (Å²) in [7, 11) is 0. The highest BCUT2D eigenvalue weighted by atomic mass is 16.5. The summed E-state index contributed by atoms with van der Waals surface area (Å²) in [4.78, 5) is 25.7. The predicted octanol–water partition coefficient (Wildman–Crippen LogP) is 2.95. The molecule has 0 spiro atoms. The molecule has 0 saturated heterocycles. The van der Waals surface area contributed by atoms with Gasteiger partial charge in [-0.25, -0.2) is 4.79 Å². The van der Waals surface area contributed by atoms with Crippen LogP contribution >= 0.6 is 0 Å². The fourth-order valence-electron chi connectivity index (χ4n) is 2.59. The van der Waals surface area contributed by atoms with Crippen LogP contribution in [0, 0.1) is 0 Å². The third kappa shape index (κ3) is 3.33. The molecule has 1 heterocycles. The summed E-state index contributed by atoms with van der Waals surface area (Å²) < 4.78 is 10.8. The normalized spacial score (nSPS) is 14.0. The van der Waals surface area contributed by atoms with Crippen molar-refractivity contribution in [3.63, 3.8) is 0 Å². The highest BCUT2D eigenvalue weighted by molar-refractivity contribution is 6.09. The number of nitrogens with two attached hydrogens (primary N) is 1. The van der Waals surface area contributed by atoms with Crippen LogP contribution in [-0.4, -0.2) is 18.5 Å². The topological polar surface area (TPSA) is 81.9 Å². The first-order valence-corrected chi connectivity index (χ1v) is 7.92. The number of para-hydroxylation sites is 3. The van der Waals surface area contributed by atoms with E-state index in [1.165, 1.54) is 4.90 Å². The second kappa shape index (κ2) is 7.09. The van der Waals surface area contributed by atoms with E-state index < -0.39 is 5.97 Å². The molecule has 3 rings (SSSR count). The first kappa shape index (κ1) is 16.6. The van der Waals surface area contributed by atoms with E-state index in [-0.39, 0.29) is 30.3 Å².